The van der Waals surface area contributed by atoms with Gasteiger partial charge in [-0.25, -0.2) is 9.18 Å². The van der Waals surface area contributed by atoms with Gasteiger partial charge >= 0.3 is 5.69 Å². The smallest absolute Gasteiger partial charge is 0.352 e. The molecule has 0 spiro atoms. The van der Waals surface area contributed by atoms with Crippen molar-refractivity contribution < 1.29 is 13.9 Å². The molecule has 8 heteroatoms. The third kappa shape index (κ3) is 3.85. The molecule has 0 aliphatic carbocycles. The summed E-state index contributed by atoms with van der Waals surface area (Å²) in [5.74, 6) is 1.08. The standard InChI is InChI=1S/C22H23FN4O3/c1-14-9-16(7-8-24-14)30-18-6-5-15(10-17(18)23)12-29-19-11-20-26(4)22(2,3)13-27(20)21(28)25-19/h5-11H,12-13H2,1-4H3. The van der Waals surface area contributed by atoms with E-state index in [4.69, 9.17) is 9.47 Å². The fraction of sp³-hybridized carbons (Fsp3) is 0.318. The molecule has 0 saturated heterocycles. The number of likely N-dealkylation sites (N-methyl/N-ethyl adjacent to an activating group) is 1. The number of hydrogen-bond donors (Lipinski definition) is 0. The molecule has 0 N–H and O–H groups in total. The number of rotatable bonds is 5. The van der Waals surface area contributed by atoms with Crippen LogP contribution >= 0.6 is 0 Å². The lowest BCUT2D eigenvalue weighted by Gasteiger charge is -2.28. The third-order valence-electron chi connectivity index (χ3n) is 5.24. The van der Waals surface area contributed by atoms with Gasteiger partial charge in [0, 0.05) is 31.1 Å². The second-order valence-electron chi connectivity index (χ2n) is 7.98. The molecule has 30 heavy (non-hydrogen) atoms. The summed E-state index contributed by atoms with van der Waals surface area (Å²) < 4.78 is 27.4. The van der Waals surface area contributed by atoms with Gasteiger partial charge in [0.25, 0.3) is 0 Å². The Hall–Kier alpha value is -3.42. The quantitative estimate of drug-likeness (QED) is 0.639. The van der Waals surface area contributed by atoms with Crippen molar-refractivity contribution in [3.05, 3.63) is 70.2 Å². The Labute approximate surface area is 173 Å². The van der Waals surface area contributed by atoms with E-state index in [0.717, 1.165) is 11.5 Å². The maximum absolute atomic E-state index is 14.5. The molecule has 0 unspecified atom stereocenters. The van der Waals surface area contributed by atoms with E-state index < -0.39 is 5.82 Å². The van der Waals surface area contributed by atoms with Crippen molar-refractivity contribution in [1.29, 1.82) is 0 Å². The molecule has 2 aromatic heterocycles. The summed E-state index contributed by atoms with van der Waals surface area (Å²) >= 11 is 0. The minimum absolute atomic E-state index is 0.0779. The van der Waals surface area contributed by atoms with E-state index in [0.29, 0.717) is 17.9 Å². The summed E-state index contributed by atoms with van der Waals surface area (Å²) in [5, 5.41) is 0. The highest BCUT2D eigenvalue weighted by atomic mass is 19.1. The number of nitrogens with zero attached hydrogens (tertiary/aromatic N) is 4. The van der Waals surface area contributed by atoms with Gasteiger partial charge in [0.2, 0.25) is 5.88 Å². The van der Waals surface area contributed by atoms with Crippen LogP contribution in [-0.4, -0.2) is 27.1 Å². The Kier molecular flexibility index (Phi) is 4.93. The first-order chi connectivity index (χ1) is 14.2. The van der Waals surface area contributed by atoms with Crippen molar-refractivity contribution >= 4 is 5.82 Å². The van der Waals surface area contributed by atoms with Gasteiger partial charge in [-0.05, 0) is 44.5 Å². The Morgan fingerprint density at radius 2 is 2.00 bits per heavy atom. The Morgan fingerprint density at radius 1 is 1.20 bits per heavy atom. The summed E-state index contributed by atoms with van der Waals surface area (Å²) in [6, 6.07) is 9.73. The third-order valence-corrected chi connectivity index (χ3v) is 5.24. The van der Waals surface area contributed by atoms with E-state index in [-0.39, 0.29) is 29.5 Å². The monoisotopic (exact) mass is 410 g/mol. The number of benzene rings is 1. The summed E-state index contributed by atoms with van der Waals surface area (Å²) in [6.07, 6.45) is 1.61. The van der Waals surface area contributed by atoms with Crippen molar-refractivity contribution in [1.82, 2.24) is 14.5 Å². The fourth-order valence-corrected chi connectivity index (χ4v) is 3.36. The molecule has 4 rings (SSSR count). The number of ether oxygens (including phenoxy) is 2. The lowest BCUT2D eigenvalue weighted by molar-refractivity contribution is 0.290. The molecule has 3 heterocycles. The zero-order chi connectivity index (χ0) is 21.5. The second-order valence-corrected chi connectivity index (χ2v) is 7.98. The maximum atomic E-state index is 14.5. The predicted molar refractivity (Wildman–Crippen MR) is 111 cm³/mol. The molecule has 0 atom stereocenters. The fourth-order valence-electron chi connectivity index (χ4n) is 3.36. The molecule has 0 fully saturated rings. The number of pyridine rings is 1. The highest BCUT2D eigenvalue weighted by Gasteiger charge is 2.34. The molecular weight excluding hydrogens is 387 g/mol. The number of aromatic nitrogens is 3. The minimum Gasteiger partial charge on any atom is -0.473 e. The molecule has 0 amide bonds. The number of anilines is 1. The highest BCUT2D eigenvalue weighted by molar-refractivity contribution is 5.48. The van der Waals surface area contributed by atoms with E-state index >= 15 is 0 Å². The van der Waals surface area contributed by atoms with Crippen molar-refractivity contribution in [3.63, 3.8) is 0 Å². The van der Waals surface area contributed by atoms with E-state index in [1.54, 1.807) is 41.1 Å². The van der Waals surface area contributed by atoms with E-state index in [1.807, 2.05) is 18.9 Å². The van der Waals surface area contributed by atoms with Crippen LogP contribution in [0.5, 0.6) is 17.4 Å². The second kappa shape index (κ2) is 7.44. The van der Waals surface area contributed by atoms with Gasteiger partial charge in [-0.15, -0.1) is 0 Å². The molecule has 1 aliphatic heterocycles. The van der Waals surface area contributed by atoms with E-state index in [9.17, 15) is 9.18 Å². The summed E-state index contributed by atoms with van der Waals surface area (Å²) in [6.45, 7) is 6.59. The first-order valence-corrected chi connectivity index (χ1v) is 9.60. The number of aryl methyl sites for hydroxylation is 1. The number of hydrogen-bond acceptors (Lipinski definition) is 6. The van der Waals surface area contributed by atoms with Crippen molar-refractivity contribution in [2.24, 2.45) is 0 Å². The SMILES string of the molecule is Cc1cc(Oc2ccc(COc3cc4n(c(=O)n3)CC(C)(C)N4C)cc2F)ccn1. The van der Waals surface area contributed by atoms with Crippen LogP contribution < -0.4 is 20.1 Å². The Balaban J connectivity index is 1.47. The van der Waals surface area contributed by atoms with Gasteiger partial charge in [-0.3, -0.25) is 9.55 Å². The average Bonchev–Trinajstić information content (AvgIpc) is 2.92. The van der Waals surface area contributed by atoms with Crippen LogP contribution in [-0.2, 0) is 13.2 Å². The van der Waals surface area contributed by atoms with Crippen LogP contribution in [0.2, 0.25) is 0 Å². The van der Waals surface area contributed by atoms with Crippen LogP contribution in [0.3, 0.4) is 0 Å². The number of fused-ring (bicyclic) bond motifs is 1. The summed E-state index contributed by atoms with van der Waals surface area (Å²) in [7, 11) is 1.93. The molecule has 7 nitrogen and oxygen atoms in total. The molecule has 1 aliphatic rings. The molecule has 1 aromatic carbocycles. The first kappa shape index (κ1) is 19.9. The lowest BCUT2D eigenvalue weighted by atomic mass is 10.1. The molecule has 156 valence electrons. The summed E-state index contributed by atoms with van der Waals surface area (Å²) in [5.41, 5.74) is 0.841. The Bertz CT molecular complexity index is 1160. The highest BCUT2D eigenvalue weighted by Crippen LogP contribution is 2.32. The lowest BCUT2D eigenvalue weighted by Crippen LogP contribution is -2.38. The maximum Gasteiger partial charge on any atom is 0.352 e. The van der Waals surface area contributed by atoms with Gasteiger partial charge in [0.15, 0.2) is 11.6 Å². The van der Waals surface area contributed by atoms with Crippen LogP contribution in [0.25, 0.3) is 0 Å². The zero-order valence-corrected chi connectivity index (χ0v) is 17.3. The molecule has 3 aromatic rings. The van der Waals surface area contributed by atoms with Crippen LogP contribution in [0.4, 0.5) is 10.2 Å². The molecule has 0 radical (unpaired) electrons. The minimum atomic E-state index is -0.506. The average molecular weight is 410 g/mol. The Morgan fingerprint density at radius 3 is 2.73 bits per heavy atom. The first-order valence-electron chi connectivity index (χ1n) is 9.60. The molecular formula is C22H23FN4O3. The van der Waals surface area contributed by atoms with Gasteiger partial charge in [-0.2, -0.15) is 4.98 Å². The normalized spacial score (nSPS) is 14.5. The van der Waals surface area contributed by atoms with E-state index in [2.05, 4.69) is 23.8 Å². The predicted octanol–water partition coefficient (Wildman–Crippen LogP) is 3.69. The van der Waals surface area contributed by atoms with Gasteiger partial charge in [0.05, 0.1) is 12.1 Å². The van der Waals surface area contributed by atoms with E-state index in [1.165, 1.54) is 6.07 Å². The van der Waals surface area contributed by atoms with Crippen molar-refractivity contribution in [3.8, 4) is 17.4 Å². The van der Waals surface area contributed by atoms with Crippen LogP contribution in [0.15, 0.2) is 47.4 Å². The largest absolute Gasteiger partial charge is 0.473 e. The molecule has 0 saturated carbocycles. The zero-order valence-electron chi connectivity index (χ0n) is 17.3. The van der Waals surface area contributed by atoms with Crippen LogP contribution in [0, 0.1) is 12.7 Å². The van der Waals surface area contributed by atoms with Gasteiger partial charge in [0.1, 0.15) is 18.2 Å². The van der Waals surface area contributed by atoms with Crippen LogP contribution in [0.1, 0.15) is 25.1 Å². The number of halogens is 1. The van der Waals surface area contributed by atoms with Gasteiger partial charge < -0.3 is 14.4 Å². The summed E-state index contributed by atoms with van der Waals surface area (Å²) in [4.78, 5) is 22.4. The van der Waals surface area contributed by atoms with Gasteiger partial charge in [-0.1, -0.05) is 6.07 Å². The van der Waals surface area contributed by atoms with Crippen molar-refractivity contribution in [2.75, 3.05) is 11.9 Å². The van der Waals surface area contributed by atoms with Crippen molar-refractivity contribution in [2.45, 2.75) is 39.5 Å². The molecule has 0 bridgehead atoms. The topological polar surface area (TPSA) is 69.5 Å².